The number of aromatic nitrogens is 4. The SMILES string of the molecule is CC1(C)CNC(=O)c2nc(-c3nnc(-c4ccccc4)o3)[nH]c2C1. The lowest BCUT2D eigenvalue weighted by Crippen LogP contribution is -2.32. The van der Waals surface area contributed by atoms with Gasteiger partial charge in [-0.3, -0.25) is 4.79 Å². The lowest BCUT2D eigenvalue weighted by atomic mass is 9.88. The Hall–Kier alpha value is -2.96. The number of aromatic amines is 1. The fourth-order valence-corrected chi connectivity index (χ4v) is 2.79. The molecule has 7 heteroatoms. The number of carbonyl (C=O) groups is 1. The molecule has 4 rings (SSSR count). The van der Waals surface area contributed by atoms with Crippen LogP contribution in [-0.4, -0.2) is 32.6 Å². The van der Waals surface area contributed by atoms with Gasteiger partial charge in [0.05, 0.1) is 0 Å². The molecule has 0 atom stereocenters. The first-order chi connectivity index (χ1) is 11.5. The van der Waals surface area contributed by atoms with Gasteiger partial charge in [0.15, 0.2) is 5.82 Å². The molecule has 0 fully saturated rings. The van der Waals surface area contributed by atoms with Gasteiger partial charge in [-0.25, -0.2) is 4.98 Å². The van der Waals surface area contributed by atoms with E-state index in [9.17, 15) is 4.79 Å². The molecule has 0 saturated heterocycles. The molecule has 1 aromatic carbocycles. The zero-order valence-electron chi connectivity index (χ0n) is 13.5. The third-order valence-corrected chi connectivity index (χ3v) is 4.02. The molecule has 0 spiro atoms. The number of imidazole rings is 1. The fraction of sp³-hybridized carbons (Fsp3) is 0.294. The molecule has 1 aliphatic rings. The minimum atomic E-state index is -0.180. The minimum Gasteiger partial charge on any atom is -0.413 e. The lowest BCUT2D eigenvalue weighted by molar-refractivity contribution is 0.0940. The largest absolute Gasteiger partial charge is 0.413 e. The number of fused-ring (bicyclic) bond motifs is 1. The monoisotopic (exact) mass is 323 g/mol. The van der Waals surface area contributed by atoms with Crippen LogP contribution in [0.5, 0.6) is 0 Å². The number of carbonyl (C=O) groups excluding carboxylic acids is 1. The van der Waals surface area contributed by atoms with Crippen molar-refractivity contribution in [3.63, 3.8) is 0 Å². The molecule has 1 amide bonds. The summed E-state index contributed by atoms with van der Waals surface area (Å²) < 4.78 is 5.70. The highest BCUT2D eigenvalue weighted by molar-refractivity contribution is 5.94. The summed E-state index contributed by atoms with van der Waals surface area (Å²) >= 11 is 0. The van der Waals surface area contributed by atoms with E-state index in [0.29, 0.717) is 30.4 Å². The standard InChI is InChI=1S/C17H17N5O2/c1-17(2)8-11-12(14(23)18-9-17)20-13(19-11)16-22-21-15(24-16)10-6-4-3-5-7-10/h3-7H,8-9H2,1-2H3,(H,18,23)(H,19,20). The number of rotatable bonds is 2. The van der Waals surface area contributed by atoms with Crippen LogP contribution in [0.4, 0.5) is 0 Å². The maximum atomic E-state index is 12.2. The van der Waals surface area contributed by atoms with Gasteiger partial charge < -0.3 is 14.7 Å². The van der Waals surface area contributed by atoms with Crippen LogP contribution in [0.3, 0.4) is 0 Å². The van der Waals surface area contributed by atoms with Crippen LogP contribution in [-0.2, 0) is 6.42 Å². The van der Waals surface area contributed by atoms with Crippen molar-refractivity contribution in [1.82, 2.24) is 25.5 Å². The summed E-state index contributed by atoms with van der Waals surface area (Å²) in [6.07, 6.45) is 0.716. The summed E-state index contributed by atoms with van der Waals surface area (Å²) in [4.78, 5) is 19.7. The van der Waals surface area contributed by atoms with Gasteiger partial charge in [0.2, 0.25) is 5.89 Å². The van der Waals surface area contributed by atoms with Crippen LogP contribution in [0.1, 0.15) is 30.0 Å². The maximum Gasteiger partial charge on any atom is 0.284 e. The number of amides is 1. The lowest BCUT2D eigenvalue weighted by Gasteiger charge is -2.21. The summed E-state index contributed by atoms with van der Waals surface area (Å²) in [7, 11) is 0. The number of nitrogens with one attached hydrogen (secondary N) is 2. The Labute approximate surface area is 138 Å². The van der Waals surface area contributed by atoms with Gasteiger partial charge >= 0.3 is 0 Å². The Balaban J connectivity index is 1.71. The number of H-pyrrole nitrogens is 1. The molecule has 0 saturated carbocycles. The second kappa shape index (κ2) is 5.30. The topological polar surface area (TPSA) is 96.7 Å². The van der Waals surface area contributed by atoms with Gasteiger partial charge in [0, 0.05) is 17.8 Å². The van der Waals surface area contributed by atoms with Gasteiger partial charge in [-0.1, -0.05) is 32.0 Å². The second-order valence-electron chi connectivity index (χ2n) is 6.71. The molecule has 0 unspecified atom stereocenters. The van der Waals surface area contributed by atoms with Crippen molar-refractivity contribution < 1.29 is 9.21 Å². The molecule has 2 aromatic heterocycles. The third kappa shape index (κ3) is 2.58. The summed E-state index contributed by atoms with van der Waals surface area (Å²) in [5.74, 6) is 0.929. The van der Waals surface area contributed by atoms with Crippen molar-refractivity contribution in [3.05, 3.63) is 41.7 Å². The van der Waals surface area contributed by atoms with E-state index in [2.05, 4.69) is 39.3 Å². The molecule has 3 heterocycles. The first-order valence-corrected chi connectivity index (χ1v) is 7.78. The Kier molecular flexibility index (Phi) is 3.23. The number of benzene rings is 1. The van der Waals surface area contributed by atoms with E-state index in [-0.39, 0.29) is 17.2 Å². The van der Waals surface area contributed by atoms with Crippen molar-refractivity contribution in [2.45, 2.75) is 20.3 Å². The normalized spacial score (nSPS) is 16.3. The Bertz CT molecular complexity index is 895. The van der Waals surface area contributed by atoms with Crippen LogP contribution in [0.25, 0.3) is 23.2 Å². The molecule has 1 aliphatic heterocycles. The van der Waals surface area contributed by atoms with E-state index in [0.717, 1.165) is 11.3 Å². The van der Waals surface area contributed by atoms with Crippen LogP contribution < -0.4 is 5.32 Å². The fourth-order valence-electron chi connectivity index (χ4n) is 2.79. The van der Waals surface area contributed by atoms with E-state index >= 15 is 0 Å². The molecular formula is C17H17N5O2. The number of nitrogens with zero attached hydrogens (tertiary/aromatic N) is 3. The Morgan fingerprint density at radius 2 is 1.88 bits per heavy atom. The van der Waals surface area contributed by atoms with Gasteiger partial charge in [0.25, 0.3) is 11.8 Å². The molecule has 0 aliphatic carbocycles. The average molecular weight is 323 g/mol. The van der Waals surface area contributed by atoms with Crippen molar-refractivity contribution in [1.29, 1.82) is 0 Å². The Morgan fingerprint density at radius 3 is 2.67 bits per heavy atom. The number of hydrogen-bond acceptors (Lipinski definition) is 5. The van der Waals surface area contributed by atoms with Crippen LogP contribution in [0, 0.1) is 5.41 Å². The van der Waals surface area contributed by atoms with Crippen LogP contribution in [0.15, 0.2) is 34.7 Å². The molecular weight excluding hydrogens is 306 g/mol. The zero-order chi connectivity index (χ0) is 16.7. The van der Waals surface area contributed by atoms with E-state index < -0.39 is 0 Å². The maximum absolute atomic E-state index is 12.2. The second-order valence-corrected chi connectivity index (χ2v) is 6.71. The smallest absolute Gasteiger partial charge is 0.284 e. The molecule has 3 aromatic rings. The molecule has 0 bridgehead atoms. The zero-order valence-corrected chi connectivity index (χ0v) is 13.5. The first kappa shape index (κ1) is 14.6. The van der Waals surface area contributed by atoms with E-state index in [1.165, 1.54) is 0 Å². The highest BCUT2D eigenvalue weighted by Gasteiger charge is 2.30. The highest BCUT2D eigenvalue weighted by Crippen LogP contribution is 2.28. The third-order valence-electron chi connectivity index (χ3n) is 4.02. The number of hydrogen-bond donors (Lipinski definition) is 2. The summed E-state index contributed by atoms with van der Waals surface area (Å²) in [6.45, 7) is 4.82. The molecule has 2 N–H and O–H groups in total. The predicted octanol–water partition coefficient (Wildman–Crippen LogP) is 2.44. The van der Waals surface area contributed by atoms with E-state index in [1.54, 1.807) is 0 Å². The first-order valence-electron chi connectivity index (χ1n) is 7.78. The van der Waals surface area contributed by atoms with Gasteiger partial charge in [-0.15, -0.1) is 10.2 Å². The summed E-state index contributed by atoms with van der Waals surface area (Å²) in [6, 6.07) is 9.52. The Morgan fingerprint density at radius 1 is 1.12 bits per heavy atom. The molecule has 24 heavy (non-hydrogen) atoms. The van der Waals surface area contributed by atoms with Crippen molar-refractivity contribution in [3.8, 4) is 23.2 Å². The van der Waals surface area contributed by atoms with Crippen molar-refractivity contribution in [2.24, 2.45) is 5.41 Å². The average Bonchev–Trinajstić information content (AvgIpc) is 3.18. The van der Waals surface area contributed by atoms with E-state index in [1.807, 2.05) is 30.3 Å². The predicted molar refractivity (Wildman–Crippen MR) is 87.1 cm³/mol. The van der Waals surface area contributed by atoms with Gasteiger partial charge in [0.1, 0.15) is 5.69 Å². The van der Waals surface area contributed by atoms with Crippen molar-refractivity contribution >= 4 is 5.91 Å². The summed E-state index contributed by atoms with van der Waals surface area (Å²) in [5, 5.41) is 11.0. The summed E-state index contributed by atoms with van der Waals surface area (Å²) in [5.41, 5.74) is 1.98. The molecule has 0 radical (unpaired) electrons. The molecule has 122 valence electrons. The highest BCUT2D eigenvalue weighted by atomic mass is 16.4. The quantitative estimate of drug-likeness (QED) is 0.755. The molecule has 7 nitrogen and oxygen atoms in total. The minimum absolute atomic E-state index is 0.0469. The van der Waals surface area contributed by atoms with Crippen molar-refractivity contribution in [2.75, 3.05) is 6.54 Å². The van der Waals surface area contributed by atoms with Crippen LogP contribution in [0.2, 0.25) is 0 Å². The van der Waals surface area contributed by atoms with Gasteiger partial charge in [-0.2, -0.15) is 0 Å². The van der Waals surface area contributed by atoms with Crippen LogP contribution >= 0.6 is 0 Å². The van der Waals surface area contributed by atoms with E-state index in [4.69, 9.17) is 4.42 Å². The van der Waals surface area contributed by atoms with Gasteiger partial charge in [-0.05, 0) is 24.0 Å².